The lowest BCUT2D eigenvalue weighted by molar-refractivity contribution is 1.14. The number of aromatic amines is 2. The van der Waals surface area contributed by atoms with E-state index < -0.39 is 0 Å². The number of aryl methyl sites for hydroxylation is 4. The molecule has 0 spiro atoms. The van der Waals surface area contributed by atoms with E-state index in [9.17, 15) is 0 Å². The number of rotatable bonds is 7. The second-order valence-corrected chi connectivity index (χ2v) is 12.0. The molecule has 8 bridgehead atoms. The van der Waals surface area contributed by atoms with Crippen LogP contribution in [0.3, 0.4) is 0 Å². The molecule has 5 heterocycles. The van der Waals surface area contributed by atoms with E-state index in [1.54, 1.807) is 0 Å². The highest BCUT2D eigenvalue weighted by Crippen LogP contribution is 2.45. The summed E-state index contributed by atoms with van der Waals surface area (Å²) in [7, 11) is 0. The van der Waals surface area contributed by atoms with E-state index in [4.69, 9.17) is 9.97 Å². The van der Waals surface area contributed by atoms with Gasteiger partial charge in [-0.25, -0.2) is 9.97 Å². The second kappa shape index (κ2) is 12.1. The second-order valence-electron chi connectivity index (χ2n) is 12.0. The summed E-state index contributed by atoms with van der Waals surface area (Å²) in [5.74, 6) is 0. The summed E-state index contributed by atoms with van der Waals surface area (Å²) in [4.78, 5) is 18.7. The van der Waals surface area contributed by atoms with Crippen molar-refractivity contribution in [2.45, 2.75) is 93.9 Å². The van der Waals surface area contributed by atoms with Crippen LogP contribution in [-0.4, -0.2) is 19.9 Å². The Morgan fingerprint density at radius 1 is 0.500 bits per heavy atom. The van der Waals surface area contributed by atoms with Gasteiger partial charge in [0.15, 0.2) is 0 Å². The maximum atomic E-state index is 5.52. The summed E-state index contributed by atoms with van der Waals surface area (Å²) in [5, 5.41) is 0. The fraction of sp³-hybridized carbons (Fsp3) is 0.350. The Bertz CT molecular complexity index is 1860. The first kappa shape index (κ1) is 29.9. The summed E-state index contributed by atoms with van der Waals surface area (Å²) in [5.41, 5.74) is 21.9. The largest absolute Gasteiger partial charge is 0.355 e. The highest BCUT2D eigenvalue weighted by atomic mass is 14.8. The van der Waals surface area contributed by atoms with Gasteiger partial charge in [-0.05, 0) is 121 Å². The van der Waals surface area contributed by atoms with E-state index in [2.05, 4.69) is 114 Å². The molecule has 0 fully saturated rings. The minimum absolute atomic E-state index is 0.922. The number of fused-ring (bicyclic) bond motifs is 8. The highest BCUT2D eigenvalue weighted by molar-refractivity contribution is 6.02. The lowest BCUT2D eigenvalue weighted by Gasteiger charge is -2.12. The maximum absolute atomic E-state index is 5.52. The number of H-pyrrole nitrogens is 2. The Hall–Kier alpha value is -4.18. The van der Waals surface area contributed by atoms with Gasteiger partial charge in [0, 0.05) is 27.6 Å². The van der Waals surface area contributed by atoms with Gasteiger partial charge in [0.05, 0.1) is 22.8 Å². The van der Waals surface area contributed by atoms with Crippen molar-refractivity contribution in [3.8, 4) is 11.1 Å². The van der Waals surface area contributed by atoms with Crippen molar-refractivity contribution in [1.29, 1.82) is 0 Å². The summed E-state index contributed by atoms with van der Waals surface area (Å²) in [6, 6.07) is 17.7. The summed E-state index contributed by atoms with van der Waals surface area (Å²) >= 11 is 0. The Labute approximate surface area is 262 Å². The maximum Gasteiger partial charge on any atom is 0.0772 e. The van der Waals surface area contributed by atoms with Gasteiger partial charge in [0.1, 0.15) is 0 Å². The number of nitrogens with one attached hydrogen (secondary N) is 2. The van der Waals surface area contributed by atoms with E-state index in [0.717, 1.165) is 88.9 Å². The van der Waals surface area contributed by atoms with Crippen LogP contribution in [0.2, 0.25) is 0 Å². The Kier molecular flexibility index (Phi) is 8.20. The third-order valence-electron chi connectivity index (χ3n) is 9.79. The topological polar surface area (TPSA) is 57.4 Å². The van der Waals surface area contributed by atoms with Crippen LogP contribution in [0, 0.1) is 13.8 Å². The van der Waals surface area contributed by atoms with Crippen LogP contribution >= 0.6 is 0 Å². The molecule has 4 aromatic rings. The molecule has 0 amide bonds. The predicted octanol–water partition coefficient (Wildman–Crippen LogP) is 11.2. The lowest BCUT2D eigenvalue weighted by Crippen LogP contribution is -1.95. The highest BCUT2D eigenvalue weighted by Gasteiger charge is 2.27. The van der Waals surface area contributed by atoms with Crippen molar-refractivity contribution in [1.82, 2.24) is 19.9 Å². The van der Waals surface area contributed by atoms with Crippen molar-refractivity contribution < 1.29 is 0 Å². The molecule has 44 heavy (non-hydrogen) atoms. The van der Waals surface area contributed by atoms with Gasteiger partial charge in [-0.2, -0.15) is 0 Å². The normalized spacial score (nSPS) is 13.4. The van der Waals surface area contributed by atoms with Gasteiger partial charge in [-0.15, -0.1) is 0 Å². The van der Waals surface area contributed by atoms with E-state index in [1.807, 2.05) is 0 Å². The molecule has 3 aromatic heterocycles. The predicted molar refractivity (Wildman–Crippen MR) is 189 cm³/mol. The molecule has 2 aliphatic rings. The fourth-order valence-corrected chi connectivity index (χ4v) is 7.52. The Morgan fingerprint density at radius 2 is 0.932 bits per heavy atom. The molecule has 0 radical (unpaired) electrons. The van der Waals surface area contributed by atoms with Crippen molar-refractivity contribution in [2.75, 3.05) is 0 Å². The summed E-state index contributed by atoms with van der Waals surface area (Å²) in [6.07, 6.45) is 5.63. The molecular weight excluding hydrogens is 536 g/mol. The number of benzene rings is 1. The van der Waals surface area contributed by atoms with Crippen LogP contribution in [-0.2, 0) is 12.8 Å². The lowest BCUT2D eigenvalue weighted by atomic mass is 9.90. The molecule has 226 valence electrons. The molecule has 1 aromatic carbocycles. The molecule has 0 saturated carbocycles. The molecule has 4 nitrogen and oxygen atoms in total. The van der Waals surface area contributed by atoms with E-state index in [0.29, 0.717) is 0 Å². The molecule has 6 rings (SSSR count). The number of aromatic nitrogens is 4. The monoisotopic (exact) mass is 582 g/mol. The van der Waals surface area contributed by atoms with Gasteiger partial charge >= 0.3 is 0 Å². The van der Waals surface area contributed by atoms with Crippen molar-refractivity contribution in [2.24, 2.45) is 0 Å². The number of nitrogens with zero attached hydrogens (tertiary/aromatic N) is 2. The quantitative estimate of drug-likeness (QED) is 0.228. The number of allylic oxidation sites excluding steroid dienone is 4. The molecule has 2 N–H and O–H groups in total. The standard InChI is InChI=1S/C40H46N4/c1-9-26-23(7)32-20-33-24(8)27(10-2)35(42-33)22-37-29(12-4)31(14-6)40(44-37)38(25-18-16-15-17-19-25)39-30(13-5)28(11-3)36(43-39)21-34(26)41-32/h15-22,41-42H,9-14H2,1-8H3. The van der Waals surface area contributed by atoms with Crippen LogP contribution in [0.4, 0.5) is 0 Å². The first-order valence-corrected chi connectivity index (χ1v) is 16.7. The van der Waals surface area contributed by atoms with Crippen LogP contribution in [0.15, 0.2) is 48.5 Å². The molecule has 0 saturated heterocycles. The average Bonchev–Trinajstić information content (AvgIpc) is 3.74. The van der Waals surface area contributed by atoms with Crippen LogP contribution in [0.5, 0.6) is 0 Å². The van der Waals surface area contributed by atoms with E-state index in [1.165, 1.54) is 50.1 Å². The molecular formula is C40H46N4. The minimum Gasteiger partial charge on any atom is -0.355 e. The SMILES string of the molecule is CCC1=C(CC)c2nc1cc1[nH]c(cc3[nH]c(cc4nc(c2-c2ccccc2)C(CC)=C4CC)c(CC)c3C)c(C)c1CC. The third kappa shape index (κ3) is 4.76. The molecule has 0 aliphatic carbocycles. The van der Waals surface area contributed by atoms with Crippen LogP contribution in [0.25, 0.3) is 55.5 Å². The van der Waals surface area contributed by atoms with Gasteiger partial charge in [0.2, 0.25) is 0 Å². The fourth-order valence-electron chi connectivity index (χ4n) is 7.52. The van der Waals surface area contributed by atoms with Crippen LogP contribution in [0.1, 0.15) is 112 Å². The minimum atomic E-state index is 0.922. The molecule has 2 aliphatic heterocycles. The van der Waals surface area contributed by atoms with E-state index in [-0.39, 0.29) is 0 Å². The number of hydrogen-bond donors (Lipinski definition) is 2. The summed E-state index contributed by atoms with van der Waals surface area (Å²) < 4.78 is 0. The van der Waals surface area contributed by atoms with E-state index >= 15 is 0 Å². The smallest absolute Gasteiger partial charge is 0.0772 e. The first-order valence-electron chi connectivity index (χ1n) is 16.7. The number of hydrogen-bond acceptors (Lipinski definition) is 2. The van der Waals surface area contributed by atoms with Gasteiger partial charge in [-0.3, -0.25) is 0 Å². The van der Waals surface area contributed by atoms with Crippen molar-refractivity contribution >= 4 is 44.4 Å². The van der Waals surface area contributed by atoms with Crippen LogP contribution < -0.4 is 0 Å². The molecule has 0 atom stereocenters. The molecule has 0 unspecified atom stereocenters. The molecule has 4 heteroatoms. The zero-order valence-electron chi connectivity index (χ0n) is 27.8. The summed E-state index contributed by atoms with van der Waals surface area (Å²) in [6.45, 7) is 18.1. The zero-order valence-corrected chi connectivity index (χ0v) is 27.8. The van der Waals surface area contributed by atoms with Gasteiger partial charge in [0.25, 0.3) is 0 Å². The van der Waals surface area contributed by atoms with Crippen molar-refractivity contribution in [3.05, 3.63) is 93.6 Å². The Balaban J connectivity index is 1.91. The average molecular weight is 583 g/mol. The van der Waals surface area contributed by atoms with Gasteiger partial charge in [-0.1, -0.05) is 71.9 Å². The third-order valence-corrected chi connectivity index (χ3v) is 9.79. The first-order chi connectivity index (χ1) is 21.4. The zero-order chi connectivity index (χ0) is 31.1. The Morgan fingerprint density at radius 3 is 1.32 bits per heavy atom. The van der Waals surface area contributed by atoms with Crippen molar-refractivity contribution in [3.63, 3.8) is 0 Å². The van der Waals surface area contributed by atoms with Gasteiger partial charge < -0.3 is 9.97 Å².